The number of hydrogen-bond donors (Lipinski definition) is 0. The van der Waals surface area contributed by atoms with Gasteiger partial charge in [-0.1, -0.05) is 6.08 Å². The third-order valence-electron chi connectivity index (χ3n) is 0.756. The van der Waals surface area contributed by atoms with Crippen molar-refractivity contribution in [3.8, 4) is 0 Å². The van der Waals surface area contributed by atoms with Gasteiger partial charge in [0.1, 0.15) is 0 Å². The molecule has 1 heteroatoms. The minimum atomic E-state index is 0.838. The average molecular weight is 98.2 g/mol. The highest BCUT2D eigenvalue weighted by molar-refractivity contribution is 4.75. The van der Waals surface area contributed by atoms with Gasteiger partial charge in [-0.15, -0.1) is 0 Å². The summed E-state index contributed by atoms with van der Waals surface area (Å²) < 4.78 is 0. The van der Waals surface area contributed by atoms with Crippen LogP contribution in [-0.2, 0) is 0 Å². The molecule has 0 atom stereocenters. The SMILES string of the molecule is [CH2]CN(C)/C=C\C. The van der Waals surface area contributed by atoms with Crippen LogP contribution in [0.2, 0.25) is 0 Å². The van der Waals surface area contributed by atoms with Crippen LogP contribution in [0, 0.1) is 6.92 Å². The maximum atomic E-state index is 3.68. The molecule has 41 valence electrons. The molecule has 0 amide bonds. The summed E-state index contributed by atoms with van der Waals surface area (Å²) in [7, 11) is 1.99. The Morgan fingerprint density at radius 1 is 1.71 bits per heavy atom. The van der Waals surface area contributed by atoms with Gasteiger partial charge in [-0.3, -0.25) is 0 Å². The number of nitrogens with zero attached hydrogens (tertiary/aromatic N) is 1. The molecule has 0 aliphatic carbocycles. The van der Waals surface area contributed by atoms with E-state index in [1.807, 2.05) is 31.1 Å². The minimum Gasteiger partial charge on any atom is -0.381 e. The summed E-state index contributed by atoms with van der Waals surface area (Å²) in [6, 6.07) is 0. The molecule has 0 aliphatic heterocycles. The van der Waals surface area contributed by atoms with Crippen LogP contribution in [0.3, 0.4) is 0 Å². The van der Waals surface area contributed by atoms with Crippen molar-refractivity contribution in [2.24, 2.45) is 0 Å². The Kier molecular flexibility index (Phi) is 3.48. The van der Waals surface area contributed by atoms with E-state index < -0.39 is 0 Å². The van der Waals surface area contributed by atoms with E-state index in [4.69, 9.17) is 0 Å². The van der Waals surface area contributed by atoms with E-state index in [0.717, 1.165) is 6.54 Å². The van der Waals surface area contributed by atoms with Crippen molar-refractivity contribution in [3.05, 3.63) is 19.2 Å². The molecule has 0 saturated carbocycles. The zero-order valence-corrected chi connectivity index (χ0v) is 5.02. The number of hydrogen-bond acceptors (Lipinski definition) is 1. The molecule has 0 fully saturated rings. The van der Waals surface area contributed by atoms with Crippen LogP contribution in [0.15, 0.2) is 12.3 Å². The molecular weight excluding hydrogens is 86.1 g/mol. The lowest BCUT2D eigenvalue weighted by Crippen LogP contribution is -2.07. The summed E-state index contributed by atoms with van der Waals surface area (Å²) in [6.07, 6.45) is 3.98. The lowest BCUT2D eigenvalue weighted by atomic mass is 10.6. The van der Waals surface area contributed by atoms with E-state index in [0.29, 0.717) is 0 Å². The van der Waals surface area contributed by atoms with Gasteiger partial charge < -0.3 is 4.90 Å². The maximum Gasteiger partial charge on any atom is 0.0169 e. The second-order valence-corrected chi connectivity index (χ2v) is 1.46. The van der Waals surface area contributed by atoms with Gasteiger partial charge in [-0.25, -0.2) is 0 Å². The zero-order valence-electron chi connectivity index (χ0n) is 5.02. The first kappa shape index (κ1) is 6.54. The van der Waals surface area contributed by atoms with E-state index in [9.17, 15) is 0 Å². The molecule has 0 aliphatic rings. The molecule has 0 aromatic heterocycles. The molecule has 0 saturated heterocycles. The largest absolute Gasteiger partial charge is 0.381 e. The van der Waals surface area contributed by atoms with Crippen molar-refractivity contribution in [2.75, 3.05) is 13.6 Å². The first-order valence-electron chi connectivity index (χ1n) is 2.43. The zero-order chi connectivity index (χ0) is 5.70. The van der Waals surface area contributed by atoms with Gasteiger partial charge >= 0.3 is 0 Å². The molecule has 0 rings (SSSR count). The third-order valence-corrected chi connectivity index (χ3v) is 0.756. The predicted molar refractivity (Wildman–Crippen MR) is 32.8 cm³/mol. The molecule has 1 nitrogen and oxygen atoms in total. The maximum absolute atomic E-state index is 3.68. The Hall–Kier alpha value is -0.460. The van der Waals surface area contributed by atoms with Gasteiger partial charge in [0.25, 0.3) is 0 Å². The van der Waals surface area contributed by atoms with E-state index in [-0.39, 0.29) is 0 Å². The third kappa shape index (κ3) is 3.37. The molecule has 0 bridgehead atoms. The number of rotatable bonds is 2. The van der Waals surface area contributed by atoms with Gasteiger partial charge in [-0.05, 0) is 20.0 Å². The Labute approximate surface area is 45.6 Å². The van der Waals surface area contributed by atoms with Gasteiger partial charge in [0.2, 0.25) is 0 Å². The van der Waals surface area contributed by atoms with Crippen LogP contribution >= 0.6 is 0 Å². The van der Waals surface area contributed by atoms with Crippen LogP contribution < -0.4 is 0 Å². The predicted octanol–water partition coefficient (Wildman–Crippen LogP) is 1.29. The smallest absolute Gasteiger partial charge is 0.0169 e. The highest BCUT2D eigenvalue weighted by Crippen LogP contribution is 1.79. The quantitative estimate of drug-likeness (QED) is 0.503. The summed E-state index contributed by atoms with van der Waals surface area (Å²) in [5.41, 5.74) is 0. The first-order chi connectivity index (χ1) is 3.31. The van der Waals surface area contributed by atoms with Crippen LogP contribution in [0.25, 0.3) is 0 Å². The van der Waals surface area contributed by atoms with E-state index in [2.05, 4.69) is 6.92 Å². The molecular formula is C6H12N. The average Bonchev–Trinajstić information content (AvgIpc) is 1.68. The van der Waals surface area contributed by atoms with Gasteiger partial charge in [0.15, 0.2) is 0 Å². The van der Waals surface area contributed by atoms with E-state index in [1.165, 1.54) is 0 Å². The van der Waals surface area contributed by atoms with Crippen LogP contribution in [0.4, 0.5) is 0 Å². The van der Waals surface area contributed by atoms with Gasteiger partial charge in [0.05, 0.1) is 0 Å². The number of allylic oxidation sites excluding steroid dienone is 1. The fourth-order valence-electron chi connectivity index (χ4n) is 0.329. The second-order valence-electron chi connectivity index (χ2n) is 1.46. The van der Waals surface area contributed by atoms with E-state index in [1.54, 1.807) is 0 Å². The summed E-state index contributed by atoms with van der Waals surface area (Å²) in [5.74, 6) is 0. The summed E-state index contributed by atoms with van der Waals surface area (Å²) >= 11 is 0. The first-order valence-corrected chi connectivity index (χ1v) is 2.43. The summed E-state index contributed by atoms with van der Waals surface area (Å²) in [5, 5.41) is 0. The standard InChI is InChI=1S/C6H12N/c1-4-6-7(3)5-2/h4,6H,2,5H2,1,3H3/b6-4-. The molecule has 7 heavy (non-hydrogen) atoms. The van der Waals surface area contributed by atoms with Crippen molar-refractivity contribution in [1.82, 2.24) is 4.90 Å². The van der Waals surface area contributed by atoms with Crippen LogP contribution in [-0.4, -0.2) is 18.5 Å². The molecule has 0 heterocycles. The minimum absolute atomic E-state index is 0.838. The molecule has 0 spiro atoms. The molecule has 0 aromatic rings. The second kappa shape index (κ2) is 3.72. The molecule has 1 radical (unpaired) electrons. The van der Waals surface area contributed by atoms with Crippen molar-refractivity contribution in [1.29, 1.82) is 0 Å². The Morgan fingerprint density at radius 2 is 2.29 bits per heavy atom. The normalized spacial score (nSPS) is 10.1. The van der Waals surface area contributed by atoms with Crippen molar-refractivity contribution in [2.45, 2.75) is 6.92 Å². The van der Waals surface area contributed by atoms with E-state index >= 15 is 0 Å². The molecule has 0 unspecified atom stereocenters. The van der Waals surface area contributed by atoms with Crippen LogP contribution in [0.1, 0.15) is 6.92 Å². The van der Waals surface area contributed by atoms with Crippen molar-refractivity contribution >= 4 is 0 Å². The topological polar surface area (TPSA) is 3.24 Å². The van der Waals surface area contributed by atoms with Crippen molar-refractivity contribution < 1.29 is 0 Å². The van der Waals surface area contributed by atoms with Crippen LogP contribution in [0.5, 0.6) is 0 Å². The van der Waals surface area contributed by atoms with Gasteiger partial charge in [-0.2, -0.15) is 0 Å². The molecule has 0 N–H and O–H groups in total. The fraction of sp³-hybridized carbons (Fsp3) is 0.500. The monoisotopic (exact) mass is 98.1 g/mol. The Bertz CT molecular complexity index is 57.2. The lowest BCUT2D eigenvalue weighted by molar-refractivity contribution is 0.507. The Balaban J connectivity index is 3.16. The Morgan fingerprint density at radius 3 is 2.43 bits per heavy atom. The van der Waals surface area contributed by atoms with Gasteiger partial charge in [0, 0.05) is 13.6 Å². The summed E-state index contributed by atoms with van der Waals surface area (Å²) in [6.45, 7) is 6.51. The fourth-order valence-corrected chi connectivity index (χ4v) is 0.329. The van der Waals surface area contributed by atoms with Crippen molar-refractivity contribution in [3.63, 3.8) is 0 Å². The summed E-state index contributed by atoms with van der Waals surface area (Å²) in [4.78, 5) is 2.01. The highest BCUT2D eigenvalue weighted by Gasteiger charge is 1.76. The highest BCUT2D eigenvalue weighted by atomic mass is 15.1. The lowest BCUT2D eigenvalue weighted by Gasteiger charge is -2.07. The molecule has 0 aromatic carbocycles.